The third-order valence-corrected chi connectivity index (χ3v) is 2.24. The van der Waals surface area contributed by atoms with Gasteiger partial charge in [0.2, 0.25) is 11.5 Å². The molecule has 0 aromatic carbocycles. The number of amides is 1. The van der Waals surface area contributed by atoms with E-state index in [1.807, 2.05) is 5.48 Å². The van der Waals surface area contributed by atoms with Crippen LogP contribution in [0.1, 0.15) is 16.2 Å². The molecule has 0 aliphatic heterocycles. The molecule has 0 atom stereocenters. The van der Waals surface area contributed by atoms with E-state index in [1.165, 1.54) is 0 Å². The average molecular weight is 297 g/mol. The summed E-state index contributed by atoms with van der Waals surface area (Å²) in [6, 6.07) is 0. The van der Waals surface area contributed by atoms with Crippen LogP contribution in [-0.2, 0) is 0 Å². The van der Waals surface area contributed by atoms with Crippen molar-refractivity contribution in [3.8, 4) is 0 Å². The van der Waals surface area contributed by atoms with Gasteiger partial charge in [0.15, 0.2) is 17.3 Å². The topological polar surface area (TPSA) is 204 Å². The Morgan fingerprint density at radius 2 is 1.76 bits per heavy atom. The molecule has 0 fully saturated rings. The first-order chi connectivity index (χ1) is 10.1. The number of carbonyl (C=O) groups excluding carboxylic acids is 1. The minimum Gasteiger partial charge on any atom is -0.379 e. The molecule has 0 aliphatic rings. The van der Waals surface area contributed by atoms with Crippen LogP contribution in [-0.4, -0.2) is 50.7 Å². The smallest absolute Gasteiger partial charge is 0.277 e. The molecular weight excluding hydrogens is 286 g/mol. The van der Waals surface area contributed by atoms with Crippen molar-refractivity contribution in [1.82, 2.24) is 31.4 Å². The number of nitrogens with one attached hydrogen (secondary N) is 2. The zero-order chi connectivity index (χ0) is 15.2. The number of carbonyl (C=O) groups is 1. The molecule has 2 aromatic rings. The summed E-state index contributed by atoms with van der Waals surface area (Å²) in [5.41, 5.74) is 12.5. The average Bonchev–Trinajstić information content (AvgIpc) is 3.07. The predicted molar refractivity (Wildman–Crippen MR) is 66.1 cm³/mol. The van der Waals surface area contributed by atoms with Crippen molar-refractivity contribution in [2.24, 2.45) is 4.99 Å². The third-order valence-electron chi connectivity index (χ3n) is 2.24. The van der Waals surface area contributed by atoms with Crippen LogP contribution in [0.3, 0.4) is 0 Å². The van der Waals surface area contributed by atoms with Gasteiger partial charge >= 0.3 is 0 Å². The Bertz CT molecular complexity index is 648. The summed E-state index contributed by atoms with van der Waals surface area (Å²) in [6.45, 7) is 0.230. The van der Waals surface area contributed by atoms with Crippen molar-refractivity contribution in [3.63, 3.8) is 0 Å². The fourth-order valence-corrected chi connectivity index (χ4v) is 1.30. The first-order valence-electron chi connectivity index (χ1n) is 5.52. The molecule has 112 valence electrons. The zero-order valence-corrected chi connectivity index (χ0v) is 10.5. The quantitative estimate of drug-likeness (QED) is 0.173. The normalized spacial score (nSPS) is 11.4. The maximum atomic E-state index is 11.6. The van der Waals surface area contributed by atoms with E-state index in [1.54, 1.807) is 0 Å². The maximum Gasteiger partial charge on any atom is 0.277 e. The lowest BCUT2D eigenvalue weighted by molar-refractivity contribution is 0.0945. The fourth-order valence-electron chi connectivity index (χ4n) is 1.30. The van der Waals surface area contributed by atoms with Crippen LogP contribution in [0.2, 0.25) is 0 Å². The van der Waals surface area contributed by atoms with Crippen molar-refractivity contribution in [2.45, 2.75) is 0 Å². The molecule has 2 rings (SSSR count). The van der Waals surface area contributed by atoms with Gasteiger partial charge in [0.25, 0.3) is 5.91 Å². The van der Waals surface area contributed by atoms with Gasteiger partial charge < -0.3 is 16.8 Å². The van der Waals surface area contributed by atoms with Gasteiger partial charge in [-0.15, -0.1) is 0 Å². The van der Waals surface area contributed by atoms with Crippen molar-refractivity contribution in [3.05, 3.63) is 11.4 Å². The van der Waals surface area contributed by atoms with E-state index in [0.717, 1.165) is 0 Å². The lowest BCUT2D eigenvalue weighted by Crippen LogP contribution is -2.28. The van der Waals surface area contributed by atoms with Crippen molar-refractivity contribution < 1.29 is 19.3 Å². The van der Waals surface area contributed by atoms with E-state index >= 15 is 0 Å². The highest BCUT2D eigenvalue weighted by Gasteiger charge is 2.15. The number of anilines is 2. The van der Waals surface area contributed by atoms with Crippen LogP contribution in [0.4, 0.5) is 11.6 Å². The highest BCUT2D eigenvalue weighted by atomic mass is 16.6. The number of hydrogen-bond acceptors (Lipinski definition) is 11. The molecule has 21 heavy (non-hydrogen) atoms. The molecule has 2 heterocycles. The summed E-state index contributed by atoms with van der Waals surface area (Å²) < 4.78 is 8.66. The number of aromatic nitrogens is 4. The van der Waals surface area contributed by atoms with Crippen LogP contribution in [0, 0.1) is 0 Å². The van der Waals surface area contributed by atoms with E-state index in [2.05, 4.69) is 40.2 Å². The minimum absolute atomic E-state index is 0.0409. The number of amidine groups is 1. The Balaban J connectivity index is 1.88. The standard InChI is InChI=1S/C8H11N9O4/c9-5-3(14-20-16-5)7(13-19)11-1-2-12-8(18)4-6(10)17-21-15-4/h19H,1-2H2,(H2,9,16)(H2,10,17)(H,11,13)(H,12,18). The lowest BCUT2D eigenvalue weighted by atomic mass is 10.4. The summed E-state index contributed by atoms with van der Waals surface area (Å²) in [6.07, 6.45) is 0. The van der Waals surface area contributed by atoms with Crippen molar-refractivity contribution >= 4 is 23.4 Å². The van der Waals surface area contributed by atoms with Gasteiger partial charge in [-0.2, -0.15) is 0 Å². The molecule has 1 amide bonds. The second-order valence-corrected chi connectivity index (χ2v) is 3.59. The zero-order valence-electron chi connectivity index (χ0n) is 10.5. The maximum absolute atomic E-state index is 11.6. The van der Waals surface area contributed by atoms with Crippen molar-refractivity contribution in [1.29, 1.82) is 0 Å². The molecule has 0 saturated heterocycles. The van der Waals surface area contributed by atoms with Gasteiger partial charge in [-0.25, -0.2) is 9.26 Å². The van der Waals surface area contributed by atoms with Gasteiger partial charge in [-0.3, -0.25) is 20.5 Å². The first-order valence-corrected chi connectivity index (χ1v) is 5.52. The van der Waals surface area contributed by atoms with Gasteiger partial charge in [-0.05, 0) is 20.6 Å². The predicted octanol–water partition coefficient (Wildman–Crippen LogP) is -2.23. The number of rotatable bonds is 5. The van der Waals surface area contributed by atoms with Crippen LogP contribution >= 0.6 is 0 Å². The second-order valence-electron chi connectivity index (χ2n) is 3.59. The SMILES string of the molecule is Nc1nonc1C(=O)NCCN=C(NO)c1nonc1N. The Morgan fingerprint density at radius 3 is 2.29 bits per heavy atom. The Morgan fingerprint density at radius 1 is 1.14 bits per heavy atom. The second kappa shape index (κ2) is 6.29. The number of nitrogens with two attached hydrogens (primary N) is 2. The summed E-state index contributed by atoms with van der Waals surface area (Å²) in [5, 5.41) is 24.8. The minimum atomic E-state index is -0.565. The van der Waals surface area contributed by atoms with Crippen LogP contribution in [0.25, 0.3) is 0 Å². The summed E-state index contributed by atoms with van der Waals surface area (Å²) >= 11 is 0. The number of nitrogens with zero attached hydrogens (tertiary/aromatic N) is 5. The monoisotopic (exact) mass is 297 g/mol. The van der Waals surface area contributed by atoms with Crippen molar-refractivity contribution in [2.75, 3.05) is 24.6 Å². The number of hydrogen-bond donors (Lipinski definition) is 5. The molecule has 7 N–H and O–H groups in total. The van der Waals surface area contributed by atoms with E-state index in [4.69, 9.17) is 16.7 Å². The molecule has 13 nitrogen and oxygen atoms in total. The molecule has 0 spiro atoms. The van der Waals surface area contributed by atoms with E-state index in [9.17, 15) is 4.79 Å². The van der Waals surface area contributed by atoms with Gasteiger partial charge in [-0.1, -0.05) is 0 Å². The van der Waals surface area contributed by atoms with Crippen LogP contribution in [0.5, 0.6) is 0 Å². The lowest BCUT2D eigenvalue weighted by Gasteiger charge is -2.02. The molecule has 0 aliphatic carbocycles. The number of nitrogen functional groups attached to an aromatic ring is 2. The van der Waals surface area contributed by atoms with E-state index in [-0.39, 0.29) is 41.9 Å². The Hall–Kier alpha value is -3.22. The summed E-state index contributed by atoms with van der Waals surface area (Å²) in [4.78, 5) is 15.5. The van der Waals surface area contributed by atoms with Crippen LogP contribution < -0.4 is 22.3 Å². The Kier molecular flexibility index (Phi) is 4.25. The largest absolute Gasteiger partial charge is 0.379 e. The molecular formula is C8H11N9O4. The van der Waals surface area contributed by atoms with Crippen LogP contribution in [0.15, 0.2) is 14.3 Å². The molecule has 13 heteroatoms. The number of aliphatic imine (C=N–C) groups is 1. The van der Waals surface area contributed by atoms with Gasteiger partial charge in [0.1, 0.15) is 0 Å². The van der Waals surface area contributed by atoms with Gasteiger partial charge in [0, 0.05) is 6.54 Å². The Labute approximate surface area is 116 Å². The molecule has 0 unspecified atom stereocenters. The highest BCUT2D eigenvalue weighted by Crippen LogP contribution is 2.04. The summed E-state index contributed by atoms with van der Waals surface area (Å²) in [7, 11) is 0. The van der Waals surface area contributed by atoms with E-state index in [0.29, 0.717) is 0 Å². The first kappa shape index (κ1) is 14.2. The molecule has 2 aromatic heterocycles. The number of hydroxylamine groups is 1. The molecule has 0 bridgehead atoms. The van der Waals surface area contributed by atoms with E-state index < -0.39 is 5.91 Å². The molecule has 0 radical (unpaired) electrons. The highest BCUT2D eigenvalue weighted by molar-refractivity contribution is 5.99. The fraction of sp³-hybridized carbons (Fsp3) is 0.250. The van der Waals surface area contributed by atoms with Gasteiger partial charge in [0.05, 0.1) is 6.54 Å². The third kappa shape index (κ3) is 3.21. The molecule has 0 saturated carbocycles. The summed E-state index contributed by atoms with van der Waals surface area (Å²) in [5.74, 6) is -0.772.